The van der Waals surface area contributed by atoms with Crippen LogP contribution in [0, 0.1) is 10.8 Å². The number of amides is 1. The van der Waals surface area contributed by atoms with Gasteiger partial charge in [0.1, 0.15) is 0 Å². The number of nitrogens with zero attached hydrogens (tertiary/aromatic N) is 1. The topological polar surface area (TPSA) is 75.5 Å². The van der Waals surface area contributed by atoms with E-state index in [1.807, 2.05) is 6.92 Å². The number of rotatable bonds is 5. The molecular formula is C15H18N2O4S. The van der Waals surface area contributed by atoms with Crippen LogP contribution in [0.5, 0.6) is 0 Å². The molecule has 1 N–H and O–H groups in total. The standard InChI is InChI=1S/C15H18N2O4S/c1-4-17(8-9(2)14(19)20-3)13(18)10-5-6-11-12(7-10)21-15(22)16-11/h5-7,9H,4,8H2,1-3H3,(H,16,22). The Bertz CT molecular complexity index is 749. The number of hydrogen-bond donors (Lipinski definition) is 1. The van der Waals surface area contributed by atoms with Gasteiger partial charge in [0.05, 0.1) is 18.5 Å². The molecule has 0 aliphatic carbocycles. The summed E-state index contributed by atoms with van der Waals surface area (Å²) in [4.78, 5) is 28.8. The fraction of sp³-hybridized carbons (Fsp3) is 0.400. The molecule has 0 saturated carbocycles. The number of carbonyl (C=O) groups is 2. The molecule has 0 bridgehead atoms. The highest BCUT2D eigenvalue weighted by Crippen LogP contribution is 2.17. The predicted octanol–water partition coefficient (Wildman–Crippen LogP) is 2.76. The minimum atomic E-state index is -0.381. The minimum Gasteiger partial charge on any atom is -0.469 e. The first-order valence-electron chi connectivity index (χ1n) is 6.96. The van der Waals surface area contributed by atoms with Gasteiger partial charge in [-0.15, -0.1) is 0 Å². The highest BCUT2D eigenvalue weighted by atomic mass is 32.1. The van der Waals surface area contributed by atoms with Crippen LogP contribution in [0.15, 0.2) is 22.6 Å². The highest BCUT2D eigenvalue weighted by Gasteiger charge is 2.21. The third-order valence-electron chi connectivity index (χ3n) is 3.43. The first kappa shape index (κ1) is 16.2. The van der Waals surface area contributed by atoms with Gasteiger partial charge in [-0.3, -0.25) is 9.59 Å². The Balaban J connectivity index is 2.22. The zero-order valence-corrected chi connectivity index (χ0v) is 13.5. The van der Waals surface area contributed by atoms with Crippen molar-refractivity contribution in [3.8, 4) is 0 Å². The van der Waals surface area contributed by atoms with Gasteiger partial charge in [0.15, 0.2) is 5.58 Å². The largest absolute Gasteiger partial charge is 0.469 e. The van der Waals surface area contributed by atoms with Gasteiger partial charge in [0.25, 0.3) is 10.7 Å². The zero-order valence-electron chi connectivity index (χ0n) is 12.7. The maximum atomic E-state index is 12.6. The average Bonchev–Trinajstić information content (AvgIpc) is 2.89. The quantitative estimate of drug-likeness (QED) is 0.676. The Morgan fingerprint density at radius 2 is 2.18 bits per heavy atom. The second-order valence-corrected chi connectivity index (χ2v) is 5.36. The molecule has 6 nitrogen and oxygen atoms in total. The van der Waals surface area contributed by atoms with Gasteiger partial charge in [-0.05, 0) is 37.3 Å². The highest BCUT2D eigenvalue weighted by molar-refractivity contribution is 7.71. The van der Waals surface area contributed by atoms with Crippen molar-refractivity contribution in [3.05, 3.63) is 28.6 Å². The molecule has 0 saturated heterocycles. The molecule has 118 valence electrons. The lowest BCUT2D eigenvalue weighted by molar-refractivity contribution is -0.145. The van der Waals surface area contributed by atoms with E-state index in [1.165, 1.54) is 7.11 Å². The van der Waals surface area contributed by atoms with Crippen molar-refractivity contribution in [1.29, 1.82) is 0 Å². The summed E-state index contributed by atoms with van der Waals surface area (Å²) in [5.41, 5.74) is 1.77. The van der Waals surface area contributed by atoms with Gasteiger partial charge in [0.2, 0.25) is 0 Å². The first-order valence-corrected chi connectivity index (χ1v) is 7.37. The van der Waals surface area contributed by atoms with Gasteiger partial charge in [-0.1, -0.05) is 6.92 Å². The summed E-state index contributed by atoms with van der Waals surface area (Å²) in [7, 11) is 1.34. The van der Waals surface area contributed by atoms with Crippen molar-refractivity contribution < 1.29 is 18.7 Å². The monoisotopic (exact) mass is 322 g/mol. The van der Waals surface area contributed by atoms with Crippen LogP contribution in [0.2, 0.25) is 0 Å². The van der Waals surface area contributed by atoms with Gasteiger partial charge in [0, 0.05) is 18.7 Å². The molecular weight excluding hydrogens is 304 g/mol. The van der Waals surface area contributed by atoms with Crippen molar-refractivity contribution >= 4 is 35.2 Å². The summed E-state index contributed by atoms with van der Waals surface area (Å²) in [6.07, 6.45) is 0. The van der Waals surface area contributed by atoms with Crippen molar-refractivity contribution in [2.24, 2.45) is 5.92 Å². The van der Waals surface area contributed by atoms with Gasteiger partial charge >= 0.3 is 5.97 Å². The number of esters is 1. The number of benzene rings is 1. The third-order valence-corrected chi connectivity index (χ3v) is 3.62. The second-order valence-electron chi connectivity index (χ2n) is 4.99. The lowest BCUT2D eigenvalue weighted by Gasteiger charge is -2.23. The number of hydrogen-bond acceptors (Lipinski definition) is 5. The number of aromatic nitrogens is 1. The molecule has 0 aliphatic rings. The number of ether oxygens (including phenoxy) is 1. The molecule has 1 atom stereocenters. The third kappa shape index (κ3) is 3.36. The van der Waals surface area contributed by atoms with Gasteiger partial charge in [-0.2, -0.15) is 0 Å². The average molecular weight is 322 g/mol. The number of nitrogens with one attached hydrogen (secondary N) is 1. The van der Waals surface area contributed by atoms with E-state index in [1.54, 1.807) is 30.0 Å². The van der Waals surface area contributed by atoms with Crippen LogP contribution in [-0.2, 0) is 9.53 Å². The first-order chi connectivity index (χ1) is 10.5. The lowest BCUT2D eigenvalue weighted by Crippen LogP contribution is -2.37. The smallest absolute Gasteiger partial charge is 0.310 e. The van der Waals surface area contributed by atoms with Crippen molar-refractivity contribution in [1.82, 2.24) is 9.88 Å². The van der Waals surface area contributed by atoms with E-state index in [-0.39, 0.29) is 22.6 Å². The molecule has 1 heterocycles. The molecule has 1 unspecified atom stereocenters. The van der Waals surface area contributed by atoms with E-state index in [4.69, 9.17) is 21.4 Å². The van der Waals surface area contributed by atoms with Crippen molar-refractivity contribution in [2.45, 2.75) is 13.8 Å². The molecule has 0 fully saturated rings. The summed E-state index contributed by atoms with van der Waals surface area (Å²) in [5, 5.41) is 0. The van der Waals surface area contributed by atoms with Crippen LogP contribution < -0.4 is 0 Å². The van der Waals surface area contributed by atoms with Gasteiger partial charge in [-0.25, -0.2) is 0 Å². The van der Waals surface area contributed by atoms with E-state index in [0.717, 1.165) is 5.52 Å². The molecule has 0 radical (unpaired) electrons. The molecule has 0 aliphatic heterocycles. The Morgan fingerprint density at radius 3 is 2.82 bits per heavy atom. The van der Waals surface area contributed by atoms with E-state index in [2.05, 4.69) is 4.98 Å². The van der Waals surface area contributed by atoms with Gasteiger partial charge < -0.3 is 19.0 Å². The molecule has 2 rings (SSSR count). The zero-order chi connectivity index (χ0) is 16.3. The SMILES string of the molecule is CCN(CC(C)C(=O)OC)C(=O)c1ccc2[nH]c(=S)oc2c1. The van der Waals surface area contributed by atoms with Crippen LogP contribution >= 0.6 is 12.2 Å². The van der Waals surface area contributed by atoms with Crippen LogP contribution in [-0.4, -0.2) is 42.0 Å². The van der Waals surface area contributed by atoms with E-state index >= 15 is 0 Å². The number of oxazole rings is 1. The molecule has 0 spiro atoms. The molecule has 1 aromatic carbocycles. The molecule has 22 heavy (non-hydrogen) atoms. The number of fused-ring (bicyclic) bond motifs is 1. The fourth-order valence-electron chi connectivity index (χ4n) is 2.22. The summed E-state index contributed by atoms with van der Waals surface area (Å²) in [6.45, 7) is 4.39. The predicted molar refractivity (Wildman–Crippen MR) is 84.2 cm³/mol. The second kappa shape index (κ2) is 6.74. The Hall–Kier alpha value is -2.15. The van der Waals surface area contributed by atoms with E-state index < -0.39 is 0 Å². The number of aromatic amines is 1. The normalized spacial score (nSPS) is 12.1. The number of methoxy groups -OCH3 is 1. The maximum Gasteiger partial charge on any atom is 0.310 e. The van der Waals surface area contributed by atoms with Crippen LogP contribution in [0.1, 0.15) is 24.2 Å². The van der Waals surface area contributed by atoms with E-state index in [0.29, 0.717) is 24.2 Å². The maximum absolute atomic E-state index is 12.6. The molecule has 7 heteroatoms. The Kier molecular flexibility index (Phi) is 4.97. The molecule has 2 aromatic rings. The van der Waals surface area contributed by atoms with Crippen molar-refractivity contribution in [2.75, 3.05) is 20.2 Å². The fourth-order valence-corrected chi connectivity index (χ4v) is 2.42. The summed E-state index contributed by atoms with van der Waals surface area (Å²) in [5.74, 6) is -0.880. The number of H-pyrrole nitrogens is 1. The Morgan fingerprint density at radius 1 is 1.45 bits per heavy atom. The Labute approximate surface area is 133 Å². The summed E-state index contributed by atoms with van der Waals surface area (Å²) in [6, 6.07) is 5.10. The summed E-state index contributed by atoms with van der Waals surface area (Å²) >= 11 is 4.93. The summed E-state index contributed by atoms with van der Waals surface area (Å²) < 4.78 is 10.0. The number of carbonyl (C=O) groups excluding carboxylic acids is 2. The van der Waals surface area contributed by atoms with Crippen LogP contribution in [0.4, 0.5) is 0 Å². The molecule has 1 amide bonds. The minimum absolute atomic E-state index is 0.164. The van der Waals surface area contributed by atoms with E-state index in [9.17, 15) is 9.59 Å². The van der Waals surface area contributed by atoms with Crippen LogP contribution in [0.3, 0.4) is 0 Å². The molecule has 1 aromatic heterocycles. The lowest BCUT2D eigenvalue weighted by atomic mass is 10.1. The van der Waals surface area contributed by atoms with Crippen molar-refractivity contribution in [3.63, 3.8) is 0 Å². The van der Waals surface area contributed by atoms with Crippen LogP contribution in [0.25, 0.3) is 11.1 Å².